The molecule has 0 aliphatic heterocycles. The smallest absolute Gasteiger partial charge is 0.241 e. The van der Waals surface area contributed by atoms with Crippen molar-refractivity contribution in [3.8, 4) is 0 Å². The molecule has 0 saturated heterocycles. The lowest BCUT2D eigenvalue weighted by Gasteiger charge is -2.12. The molecule has 1 aromatic carbocycles. The minimum atomic E-state index is -0.547. The molecule has 0 spiro atoms. The zero-order valence-corrected chi connectivity index (χ0v) is 10.4. The molecule has 1 aliphatic carbocycles. The van der Waals surface area contributed by atoms with Crippen LogP contribution in [0.5, 0.6) is 0 Å². The summed E-state index contributed by atoms with van der Waals surface area (Å²) in [6, 6.07) is 7.61. The summed E-state index contributed by atoms with van der Waals surface area (Å²) in [5.41, 5.74) is 7.99. The van der Waals surface area contributed by atoms with Gasteiger partial charge >= 0.3 is 0 Å². The summed E-state index contributed by atoms with van der Waals surface area (Å²) in [6.45, 7) is 4.17. The monoisotopic (exact) mass is 232 g/mol. The van der Waals surface area contributed by atoms with Crippen molar-refractivity contribution in [3.63, 3.8) is 0 Å². The van der Waals surface area contributed by atoms with Gasteiger partial charge in [-0.2, -0.15) is 0 Å². The van der Waals surface area contributed by atoms with E-state index in [1.807, 2.05) is 31.2 Å². The standard InChI is InChI=1S/C14H20N2O/c1-3-10-8-12(10)16-14(17)13(15)11-6-4-9(2)5-7-11/h4-7,10,12-13H,3,8,15H2,1-2H3,(H,16,17). The summed E-state index contributed by atoms with van der Waals surface area (Å²) in [7, 11) is 0. The quantitative estimate of drug-likeness (QED) is 0.833. The van der Waals surface area contributed by atoms with Gasteiger partial charge in [-0.1, -0.05) is 43.2 Å². The first-order chi connectivity index (χ1) is 8.11. The van der Waals surface area contributed by atoms with Crippen molar-refractivity contribution >= 4 is 5.91 Å². The Bertz CT molecular complexity index is 399. The molecule has 1 amide bonds. The fourth-order valence-electron chi connectivity index (χ4n) is 2.07. The van der Waals surface area contributed by atoms with Crippen LogP contribution in [0.4, 0.5) is 0 Å². The number of nitrogens with one attached hydrogen (secondary N) is 1. The fraction of sp³-hybridized carbons (Fsp3) is 0.500. The molecule has 3 heteroatoms. The van der Waals surface area contributed by atoms with Gasteiger partial charge in [-0.25, -0.2) is 0 Å². The van der Waals surface area contributed by atoms with Crippen LogP contribution in [0.3, 0.4) is 0 Å². The summed E-state index contributed by atoms with van der Waals surface area (Å²) in [5, 5.41) is 3.00. The number of hydrogen-bond donors (Lipinski definition) is 2. The van der Waals surface area contributed by atoms with Gasteiger partial charge in [0.25, 0.3) is 0 Å². The van der Waals surface area contributed by atoms with Crippen LogP contribution in [0.15, 0.2) is 24.3 Å². The van der Waals surface area contributed by atoms with Gasteiger partial charge in [0.05, 0.1) is 0 Å². The number of amides is 1. The number of carbonyl (C=O) groups is 1. The summed E-state index contributed by atoms with van der Waals surface area (Å²) < 4.78 is 0. The van der Waals surface area contributed by atoms with Crippen LogP contribution in [-0.2, 0) is 4.79 Å². The molecule has 0 heterocycles. The molecule has 3 unspecified atom stereocenters. The second-order valence-electron chi connectivity index (χ2n) is 4.91. The Kier molecular flexibility index (Phi) is 3.48. The summed E-state index contributed by atoms with van der Waals surface area (Å²) in [5.74, 6) is 0.596. The number of hydrogen-bond acceptors (Lipinski definition) is 2. The van der Waals surface area contributed by atoms with Crippen molar-refractivity contribution < 1.29 is 4.79 Å². The highest BCUT2D eigenvalue weighted by molar-refractivity contribution is 5.83. The topological polar surface area (TPSA) is 55.1 Å². The molecule has 1 aliphatic rings. The maximum absolute atomic E-state index is 11.9. The van der Waals surface area contributed by atoms with E-state index < -0.39 is 6.04 Å². The van der Waals surface area contributed by atoms with Crippen molar-refractivity contribution in [1.82, 2.24) is 5.32 Å². The van der Waals surface area contributed by atoms with Gasteiger partial charge in [0, 0.05) is 6.04 Å². The average Bonchev–Trinajstić information content (AvgIpc) is 3.07. The van der Waals surface area contributed by atoms with Gasteiger partial charge in [-0.3, -0.25) is 4.79 Å². The minimum absolute atomic E-state index is 0.0604. The third-order valence-corrected chi connectivity index (χ3v) is 3.49. The largest absolute Gasteiger partial charge is 0.351 e. The molecule has 0 bridgehead atoms. The van der Waals surface area contributed by atoms with Crippen molar-refractivity contribution in [2.75, 3.05) is 0 Å². The molecular formula is C14H20N2O. The van der Waals surface area contributed by atoms with E-state index in [2.05, 4.69) is 12.2 Å². The number of benzene rings is 1. The Hall–Kier alpha value is -1.35. The Morgan fingerprint density at radius 2 is 2.12 bits per heavy atom. The van der Waals surface area contributed by atoms with Crippen LogP contribution in [0, 0.1) is 12.8 Å². The lowest BCUT2D eigenvalue weighted by atomic mass is 10.1. The van der Waals surface area contributed by atoms with Gasteiger partial charge in [0.2, 0.25) is 5.91 Å². The first kappa shape index (κ1) is 12.1. The van der Waals surface area contributed by atoms with Crippen LogP contribution in [0.1, 0.15) is 36.9 Å². The molecule has 0 aromatic heterocycles. The highest BCUT2D eigenvalue weighted by atomic mass is 16.2. The maximum atomic E-state index is 11.9. The Morgan fingerprint density at radius 1 is 1.47 bits per heavy atom. The predicted molar refractivity (Wildman–Crippen MR) is 68.4 cm³/mol. The molecular weight excluding hydrogens is 212 g/mol. The van der Waals surface area contributed by atoms with Crippen LogP contribution >= 0.6 is 0 Å². The molecule has 92 valence electrons. The fourth-order valence-corrected chi connectivity index (χ4v) is 2.07. The molecule has 17 heavy (non-hydrogen) atoms. The van der Waals surface area contributed by atoms with Crippen LogP contribution in [-0.4, -0.2) is 11.9 Å². The lowest BCUT2D eigenvalue weighted by molar-refractivity contribution is -0.122. The van der Waals surface area contributed by atoms with E-state index in [0.29, 0.717) is 12.0 Å². The van der Waals surface area contributed by atoms with Gasteiger partial charge in [0.1, 0.15) is 6.04 Å². The summed E-state index contributed by atoms with van der Waals surface area (Å²) in [4.78, 5) is 11.9. The normalized spacial score (nSPS) is 24.2. The van der Waals surface area contributed by atoms with E-state index in [1.165, 1.54) is 5.56 Å². The first-order valence-electron chi connectivity index (χ1n) is 6.24. The number of carbonyl (C=O) groups excluding carboxylic acids is 1. The van der Waals surface area contributed by atoms with E-state index in [0.717, 1.165) is 18.4 Å². The molecule has 1 aromatic rings. The van der Waals surface area contributed by atoms with Crippen molar-refractivity contribution in [3.05, 3.63) is 35.4 Å². The SMILES string of the molecule is CCC1CC1NC(=O)C(N)c1ccc(C)cc1. The maximum Gasteiger partial charge on any atom is 0.241 e. The average molecular weight is 232 g/mol. The summed E-state index contributed by atoms with van der Waals surface area (Å²) >= 11 is 0. The Balaban J connectivity index is 1.93. The number of rotatable bonds is 4. The lowest BCUT2D eigenvalue weighted by Crippen LogP contribution is -2.36. The van der Waals surface area contributed by atoms with Crippen LogP contribution < -0.4 is 11.1 Å². The minimum Gasteiger partial charge on any atom is -0.351 e. The van der Waals surface area contributed by atoms with E-state index in [-0.39, 0.29) is 5.91 Å². The molecule has 3 atom stereocenters. The highest BCUT2D eigenvalue weighted by Crippen LogP contribution is 2.33. The molecule has 0 radical (unpaired) electrons. The van der Waals surface area contributed by atoms with Crippen LogP contribution in [0.25, 0.3) is 0 Å². The third kappa shape index (κ3) is 2.86. The Morgan fingerprint density at radius 3 is 2.65 bits per heavy atom. The highest BCUT2D eigenvalue weighted by Gasteiger charge is 2.37. The molecule has 1 fully saturated rings. The van der Waals surface area contributed by atoms with Gasteiger partial charge in [-0.15, -0.1) is 0 Å². The van der Waals surface area contributed by atoms with E-state index in [4.69, 9.17) is 5.73 Å². The first-order valence-corrected chi connectivity index (χ1v) is 6.24. The Labute approximate surface area is 102 Å². The number of aryl methyl sites for hydroxylation is 1. The molecule has 1 saturated carbocycles. The van der Waals surface area contributed by atoms with Crippen LogP contribution in [0.2, 0.25) is 0 Å². The van der Waals surface area contributed by atoms with E-state index in [9.17, 15) is 4.79 Å². The molecule has 2 rings (SSSR count). The van der Waals surface area contributed by atoms with E-state index in [1.54, 1.807) is 0 Å². The predicted octanol–water partition coefficient (Wildman–Crippen LogP) is 1.91. The van der Waals surface area contributed by atoms with Gasteiger partial charge in [-0.05, 0) is 24.8 Å². The zero-order valence-electron chi connectivity index (χ0n) is 10.4. The third-order valence-electron chi connectivity index (χ3n) is 3.49. The molecule has 3 N–H and O–H groups in total. The van der Waals surface area contributed by atoms with Crippen molar-refractivity contribution in [1.29, 1.82) is 0 Å². The van der Waals surface area contributed by atoms with Crippen molar-refractivity contribution in [2.45, 2.75) is 38.8 Å². The zero-order chi connectivity index (χ0) is 12.4. The number of nitrogens with two attached hydrogens (primary N) is 1. The van der Waals surface area contributed by atoms with E-state index >= 15 is 0 Å². The van der Waals surface area contributed by atoms with Crippen molar-refractivity contribution in [2.24, 2.45) is 11.7 Å². The van der Waals surface area contributed by atoms with Gasteiger partial charge < -0.3 is 11.1 Å². The molecule has 3 nitrogen and oxygen atoms in total. The second-order valence-corrected chi connectivity index (χ2v) is 4.91. The van der Waals surface area contributed by atoms with Gasteiger partial charge in [0.15, 0.2) is 0 Å². The second kappa shape index (κ2) is 4.88. The summed E-state index contributed by atoms with van der Waals surface area (Å²) in [6.07, 6.45) is 2.23.